The summed E-state index contributed by atoms with van der Waals surface area (Å²) in [5, 5.41) is 7.83. The Balaban J connectivity index is 0.958. The van der Waals surface area contributed by atoms with E-state index in [2.05, 4.69) is 380 Å². The Morgan fingerprint density at radius 3 is 1.12 bits per heavy atom. The number of anilines is 6. The van der Waals surface area contributed by atoms with Crippen molar-refractivity contribution < 1.29 is 0 Å². The molecule has 0 unspecified atom stereocenters. The maximum Gasteiger partial charge on any atom is 0.195 e. The Morgan fingerprint density at radius 1 is 0.247 bits per heavy atom. The predicted octanol–water partition coefficient (Wildman–Crippen LogP) is 24.8. The molecule has 0 radical (unpaired) electrons. The number of benzene rings is 16. The normalized spacial score (nSPS) is 13.1. The molecule has 1 aromatic heterocycles. The fraction of sp³-hybridized carbons (Fsp3) is 0.0215. The van der Waals surface area contributed by atoms with Crippen LogP contribution in [0.25, 0.3) is 87.0 Å². The van der Waals surface area contributed by atoms with E-state index in [1.54, 1.807) is 11.3 Å². The van der Waals surface area contributed by atoms with Crippen molar-refractivity contribution in [1.82, 2.24) is 4.98 Å². The first-order valence-electron chi connectivity index (χ1n) is 33.4. The average Bonchev–Trinajstić information content (AvgIpc) is 1.60. The second kappa shape index (κ2) is 22.8. The zero-order valence-electron chi connectivity index (χ0n) is 53.0. The monoisotopic (exact) mass is 1250 g/mol. The van der Waals surface area contributed by atoms with Crippen molar-refractivity contribution in [2.24, 2.45) is 0 Å². The number of aromatic nitrogens is 1. The van der Waals surface area contributed by atoms with E-state index in [0.717, 1.165) is 87.6 Å². The van der Waals surface area contributed by atoms with E-state index >= 15 is 0 Å². The maximum atomic E-state index is 5.42. The molecule has 16 aromatic carbocycles. The maximum absolute atomic E-state index is 5.42. The Labute approximate surface area is 568 Å². The molecule has 0 fully saturated rings. The Morgan fingerprint density at radius 2 is 0.629 bits per heavy atom. The number of fused-ring (bicyclic) bond motifs is 10. The van der Waals surface area contributed by atoms with Crippen LogP contribution in [0.2, 0.25) is 0 Å². The number of nitrogens with zero attached hydrogens (tertiary/aromatic N) is 3. The van der Waals surface area contributed by atoms with Gasteiger partial charge in [0.1, 0.15) is 0 Å². The molecule has 97 heavy (non-hydrogen) atoms. The van der Waals surface area contributed by atoms with Crippen LogP contribution >= 0.6 is 11.3 Å². The highest BCUT2D eigenvalue weighted by molar-refractivity contribution is 7.22. The van der Waals surface area contributed by atoms with Gasteiger partial charge >= 0.3 is 0 Å². The number of rotatable bonds is 12. The van der Waals surface area contributed by atoms with Crippen molar-refractivity contribution in [2.75, 3.05) is 9.80 Å². The van der Waals surface area contributed by atoms with Crippen molar-refractivity contribution in [2.45, 2.75) is 10.8 Å². The molecule has 17 aromatic rings. The lowest BCUT2D eigenvalue weighted by molar-refractivity contribution is 0.769. The van der Waals surface area contributed by atoms with Gasteiger partial charge < -0.3 is 4.90 Å². The SMILES string of the molecule is c1ccc(N(c2ccc3ccccc3c2)c2ccc3c(-c4ccc5c(c4)C(c4ccccc4)(c4ccccc4)c4ccccc4-5)c4cc(N(c5ccccc5)c5nc6ccccc6s5)ccc4c(-c4ccc5c(c4)C(c4ccccc4)(c4ccccc4)c4ccccc4-5)c3c2)cc1. The lowest BCUT2D eigenvalue weighted by Crippen LogP contribution is -2.28. The number of hydrogen-bond donors (Lipinski definition) is 0. The van der Waals surface area contributed by atoms with Crippen LogP contribution in [-0.4, -0.2) is 4.98 Å². The van der Waals surface area contributed by atoms with Crippen LogP contribution in [0.5, 0.6) is 0 Å². The van der Waals surface area contributed by atoms with Crippen LogP contribution in [0.15, 0.2) is 370 Å². The van der Waals surface area contributed by atoms with Gasteiger partial charge in [-0.1, -0.05) is 296 Å². The second-order valence-electron chi connectivity index (χ2n) is 25.6. The lowest BCUT2D eigenvalue weighted by Gasteiger charge is -2.34. The van der Waals surface area contributed by atoms with E-state index in [1.165, 1.54) is 77.5 Å². The van der Waals surface area contributed by atoms with E-state index in [4.69, 9.17) is 4.98 Å². The van der Waals surface area contributed by atoms with E-state index in [1.807, 2.05) is 0 Å². The summed E-state index contributed by atoms with van der Waals surface area (Å²) in [7, 11) is 0. The third kappa shape index (κ3) is 8.77. The van der Waals surface area contributed by atoms with E-state index in [9.17, 15) is 0 Å². The summed E-state index contributed by atoms with van der Waals surface area (Å²) in [6, 6.07) is 138. The van der Waals surface area contributed by atoms with Crippen molar-refractivity contribution in [3.63, 3.8) is 0 Å². The molecule has 0 spiro atoms. The predicted molar refractivity (Wildman–Crippen MR) is 407 cm³/mol. The minimum Gasteiger partial charge on any atom is -0.310 e. The summed E-state index contributed by atoms with van der Waals surface area (Å²) >= 11 is 1.72. The van der Waals surface area contributed by atoms with Crippen LogP contribution in [0.3, 0.4) is 0 Å². The van der Waals surface area contributed by atoms with Gasteiger partial charge in [-0.15, -0.1) is 0 Å². The minimum absolute atomic E-state index is 0.631. The first-order valence-corrected chi connectivity index (χ1v) is 34.2. The number of thiazole rings is 1. The molecule has 0 saturated heterocycles. The van der Waals surface area contributed by atoms with Gasteiger partial charge in [-0.25, -0.2) is 4.98 Å². The lowest BCUT2D eigenvalue weighted by atomic mass is 9.67. The highest BCUT2D eigenvalue weighted by Gasteiger charge is 2.48. The molecule has 454 valence electrons. The Bertz CT molecular complexity index is 5780. The first kappa shape index (κ1) is 56.3. The number of para-hydroxylation sites is 3. The van der Waals surface area contributed by atoms with Crippen LogP contribution in [0.1, 0.15) is 44.5 Å². The molecular formula is C93H61N3S. The first-order chi connectivity index (χ1) is 48.1. The summed E-state index contributed by atoms with van der Waals surface area (Å²) in [5.41, 5.74) is 24.5. The fourth-order valence-electron chi connectivity index (χ4n) is 16.5. The Kier molecular flexibility index (Phi) is 13.2. The van der Waals surface area contributed by atoms with Crippen molar-refractivity contribution in [3.8, 4) is 44.5 Å². The van der Waals surface area contributed by atoms with Crippen molar-refractivity contribution in [3.05, 3.63) is 415 Å². The molecule has 0 saturated carbocycles. The molecule has 0 N–H and O–H groups in total. The van der Waals surface area contributed by atoms with E-state index in [-0.39, 0.29) is 0 Å². The summed E-state index contributed by atoms with van der Waals surface area (Å²) in [5.74, 6) is 0. The Hall–Kier alpha value is -12.2. The van der Waals surface area contributed by atoms with Crippen LogP contribution in [0.4, 0.5) is 33.6 Å². The fourth-order valence-corrected chi connectivity index (χ4v) is 17.6. The summed E-state index contributed by atoms with van der Waals surface area (Å²) < 4.78 is 1.14. The minimum atomic E-state index is -0.632. The third-order valence-corrected chi connectivity index (χ3v) is 21.6. The smallest absolute Gasteiger partial charge is 0.195 e. The standard InChI is InChI=1S/C93H61N3S/c1-7-29-66(30-8-1)92(67-31-9-2-10-32-67)83-43-23-21-41-75(83)77-53-48-64(58-85(77)92)89-80-56-52-74(96(71-39-17-6-18-40-71)91-94-87-45-25-26-46-88(87)97-91)61-82(80)90(79-55-51-73(60-81(79)89)95(70-37-15-5-16-38-70)72-50-47-62-27-19-20-28-63(62)57-72)65-49-54-78-76-42-22-24-44-84(76)93(86(78)59-65,68-33-11-3-12-34-68)69-35-13-4-14-36-69/h1-61H. The molecule has 2 aliphatic carbocycles. The van der Waals surface area contributed by atoms with Crippen molar-refractivity contribution >= 4 is 87.4 Å². The van der Waals surface area contributed by atoms with E-state index in [0.29, 0.717) is 0 Å². The molecule has 4 heteroatoms. The molecule has 0 bridgehead atoms. The van der Waals surface area contributed by atoms with Crippen LogP contribution < -0.4 is 9.80 Å². The molecule has 0 aliphatic heterocycles. The van der Waals surface area contributed by atoms with Gasteiger partial charge in [-0.05, 0) is 206 Å². The summed E-state index contributed by atoms with van der Waals surface area (Å²) in [6.45, 7) is 0. The van der Waals surface area contributed by atoms with Crippen LogP contribution in [0, 0.1) is 0 Å². The zero-order chi connectivity index (χ0) is 64.0. The molecule has 0 atom stereocenters. The largest absolute Gasteiger partial charge is 0.310 e. The van der Waals surface area contributed by atoms with Gasteiger partial charge in [0.05, 0.1) is 21.0 Å². The topological polar surface area (TPSA) is 19.4 Å². The van der Waals surface area contributed by atoms with E-state index < -0.39 is 10.8 Å². The molecule has 3 nitrogen and oxygen atoms in total. The molecule has 1 heterocycles. The van der Waals surface area contributed by atoms with Gasteiger partial charge in [0.25, 0.3) is 0 Å². The van der Waals surface area contributed by atoms with Gasteiger partial charge in [0.15, 0.2) is 5.13 Å². The average molecular weight is 1250 g/mol. The van der Waals surface area contributed by atoms with Crippen molar-refractivity contribution in [1.29, 1.82) is 0 Å². The highest BCUT2D eigenvalue weighted by Crippen LogP contribution is 2.60. The zero-order valence-corrected chi connectivity index (χ0v) is 53.8. The van der Waals surface area contributed by atoms with Crippen LogP contribution in [-0.2, 0) is 10.8 Å². The molecule has 2 aliphatic rings. The quantitative estimate of drug-likeness (QED) is 0.114. The van der Waals surface area contributed by atoms with Gasteiger partial charge in [-0.3, -0.25) is 4.90 Å². The summed E-state index contributed by atoms with van der Waals surface area (Å²) in [4.78, 5) is 10.2. The van der Waals surface area contributed by atoms with Gasteiger partial charge in [-0.2, -0.15) is 0 Å². The molecule has 19 rings (SSSR count). The molecule has 0 amide bonds. The second-order valence-corrected chi connectivity index (χ2v) is 26.6. The number of hydrogen-bond acceptors (Lipinski definition) is 4. The molecular weight excluding hydrogens is 1190 g/mol. The van der Waals surface area contributed by atoms with Gasteiger partial charge in [0, 0.05) is 28.4 Å². The highest BCUT2D eigenvalue weighted by atomic mass is 32.1. The third-order valence-electron chi connectivity index (χ3n) is 20.6. The van der Waals surface area contributed by atoms with Gasteiger partial charge in [0.2, 0.25) is 0 Å². The summed E-state index contributed by atoms with van der Waals surface area (Å²) in [6.07, 6.45) is 0.